The van der Waals surface area contributed by atoms with Crippen LogP contribution < -0.4 is 16.4 Å². The van der Waals surface area contributed by atoms with Crippen molar-refractivity contribution in [2.45, 2.75) is 6.10 Å². The summed E-state index contributed by atoms with van der Waals surface area (Å²) < 4.78 is 0. The molecule has 17 heavy (non-hydrogen) atoms. The number of primary amides is 1. The third-order valence-electron chi connectivity index (χ3n) is 2.23. The van der Waals surface area contributed by atoms with Crippen LogP contribution in [0.5, 0.6) is 0 Å². The first-order chi connectivity index (χ1) is 8.06. The molecule has 2 amide bonds. The Labute approximate surface area is 98.8 Å². The van der Waals surface area contributed by atoms with Gasteiger partial charge in [-0.05, 0) is 12.1 Å². The van der Waals surface area contributed by atoms with E-state index in [9.17, 15) is 9.59 Å². The number of benzene rings is 1. The molecule has 0 spiro atoms. The first-order valence-electron chi connectivity index (χ1n) is 5.08. The molecule has 0 radical (unpaired) electrons. The van der Waals surface area contributed by atoms with Crippen molar-refractivity contribution in [3.05, 3.63) is 29.8 Å². The Morgan fingerprint density at radius 1 is 1.41 bits per heavy atom. The minimum atomic E-state index is -1.37. The summed E-state index contributed by atoms with van der Waals surface area (Å²) in [7, 11) is 1.70. The number of aliphatic hydroxyl groups excluding tert-OH is 1. The Morgan fingerprint density at radius 2 is 2.06 bits per heavy atom. The number of amides is 2. The molecule has 0 aliphatic heterocycles. The monoisotopic (exact) mass is 237 g/mol. The van der Waals surface area contributed by atoms with Crippen LogP contribution in [0.1, 0.15) is 10.4 Å². The summed E-state index contributed by atoms with van der Waals surface area (Å²) in [6.45, 7) is -0.202. The predicted octanol–water partition coefficient (Wildman–Crippen LogP) is -0.696. The Kier molecular flexibility index (Phi) is 4.47. The standard InChI is InChI=1S/C11H15N3O3/c1-13-8-5-3-2-4-7(8)11(17)14-6-9(15)10(12)16/h2-5,9,13,15H,6H2,1H3,(H2,12,16)(H,14,17). The van der Waals surface area contributed by atoms with Gasteiger partial charge in [-0.1, -0.05) is 12.1 Å². The quantitative estimate of drug-likeness (QED) is 0.543. The van der Waals surface area contributed by atoms with Crippen molar-refractivity contribution in [3.8, 4) is 0 Å². The van der Waals surface area contributed by atoms with Gasteiger partial charge in [0.15, 0.2) is 0 Å². The average molecular weight is 237 g/mol. The van der Waals surface area contributed by atoms with Crippen LogP contribution >= 0.6 is 0 Å². The van der Waals surface area contributed by atoms with Crippen LogP contribution in [-0.4, -0.2) is 36.6 Å². The van der Waals surface area contributed by atoms with E-state index in [2.05, 4.69) is 10.6 Å². The van der Waals surface area contributed by atoms with E-state index in [4.69, 9.17) is 10.8 Å². The van der Waals surface area contributed by atoms with E-state index in [1.54, 1.807) is 31.3 Å². The van der Waals surface area contributed by atoms with Crippen LogP contribution in [0.4, 0.5) is 5.69 Å². The van der Waals surface area contributed by atoms with Gasteiger partial charge in [-0.15, -0.1) is 0 Å². The highest BCUT2D eigenvalue weighted by atomic mass is 16.3. The van der Waals surface area contributed by atoms with Gasteiger partial charge in [-0.2, -0.15) is 0 Å². The molecule has 1 rings (SSSR count). The molecule has 1 atom stereocenters. The zero-order valence-electron chi connectivity index (χ0n) is 9.43. The fraction of sp³-hybridized carbons (Fsp3) is 0.273. The fourth-order valence-corrected chi connectivity index (χ4v) is 1.28. The lowest BCUT2D eigenvalue weighted by Gasteiger charge is -2.11. The Bertz CT molecular complexity index is 420. The molecule has 1 unspecified atom stereocenters. The first kappa shape index (κ1) is 13.0. The van der Waals surface area contributed by atoms with E-state index < -0.39 is 12.0 Å². The van der Waals surface area contributed by atoms with E-state index >= 15 is 0 Å². The second kappa shape index (κ2) is 5.86. The van der Waals surface area contributed by atoms with E-state index in [0.717, 1.165) is 0 Å². The average Bonchev–Trinajstić information content (AvgIpc) is 2.35. The SMILES string of the molecule is CNc1ccccc1C(=O)NCC(O)C(N)=O. The van der Waals surface area contributed by atoms with Crippen molar-refractivity contribution in [2.24, 2.45) is 5.73 Å². The number of para-hydroxylation sites is 1. The highest BCUT2D eigenvalue weighted by molar-refractivity contribution is 5.99. The molecule has 0 bridgehead atoms. The smallest absolute Gasteiger partial charge is 0.253 e. The molecule has 0 heterocycles. The van der Waals surface area contributed by atoms with E-state index in [-0.39, 0.29) is 12.5 Å². The number of nitrogens with two attached hydrogens (primary N) is 1. The number of rotatable bonds is 5. The molecule has 6 nitrogen and oxygen atoms in total. The summed E-state index contributed by atoms with van der Waals surface area (Å²) in [4.78, 5) is 22.3. The van der Waals surface area contributed by atoms with Crippen LogP contribution in [0.25, 0.3) is 0 Å². The van der Waals surface area contributed by atoms with Crippen LogP contribution in [0, 0.1) is 0 Å². The number of aliphatic hydroxyl groups is 1. The third kappa shape index (κ3) is 3.46. The maximum atomic E-state index is 11.7. The van der Waals surface area contributed by atoms with Crippen LogP contribution in [0.2, 0.25) is 0 Å². The molecule has 0 saturated heterocycles. The summed E-state index contributed by atoms with van der Waals surface area (Å²) in [5.41, 5.74) is 5.97. The molecular formula is C11H15N3O3. The van der Waals surface area contributed by atoms with Crippen molar-refractivity contribution in [3.63, 3.8) is 0 Å². The maximum Gasteiger partial charge on any atom is 0.253 e. The minimum absolute atomic E-state index is 0.202. The molecular weight excluding hydrogens is 222 g/mol. The van der Waals surface area contributed by atoms with E-state index in [1.807, 2.05) is 0 Å². The third-order valence-corrected chi connectivity index (χ3v) is 2.23. The van der Waals surface area contributed by atoms with Crippen LogP contribution in [0.15, 0.2) is 24.3 Å². The predicted molar refractivity (Wildman–Crippen MR) is 63.5 cm³/mol. The molecule has 0 aliphatic carbocycles. The van der Waals surface area contributed by atoms with Crippen LogP contribution in [0.3, 0.4) is 0 Å². The molecule has 1 aromatic carbocycles. The Balaban J connectivity index is 2.67. The van der Waals surface area contributed by atoms with Crippen molar-refractivity contribution >= 4 is 17.5 Å². The second-order valence-electron chi connectivity index (χ2n) is 3.42. The summed E-state index contributed by atoms with van der Waals surface area (Å²) in [5, 5.41) is 14.4. The molecule has 5 N–H and O–H groups in total. The molecule has 0 saturated carbocycles. The van der Waals surface area contributed by atoms with Gasteiger partial charge in [0.25, 0.3) is 5.91 Å². The van der Waals surface area contributed by atoms with Gasteiger partial charge >= 0.3 is 0 Å². The normalized spacial score (nSPS) is 11.6. The lowest BCUT2D eigenvalue weighted by molar-refractivity contribution is -0.125. The maximum absolute atomic E-state index is 11.7. The van der Waals surface area contributed by atoms with Gasteiger partial charge in [0.2, 0.25) is 5.91 Å². The molecule has 1 aromatic rings. The number of hydrogen-bond donors (Lipinski definition) is 4. The molecule has 6 heteroatoms. The Hall–Kier alpha value is -2.08. The van der Waals surface area contributed by atoms with Gasteiger partial charge in [-0.25, -0.2) is 0 Å². The zero-order chi connectivity index (χ0) is 12.8. The van der Waals surface area contributed by atoms with E-state index in [0.29, 0.717) is 11.3 Å². The highest BCUT2D eigenvalue weighted by Gasteiger charge is 2.14. The largest absolute Gasteiger partial charge is 0.387 e. The minimum Gasteiger partial charge on any atom is -0.387 e. The molecule has 0 aromatic heterocycles. The van der Waals surface area contributed by atoms with Crippen LogP contribution in [-0.2, 0) is 4.79 Å². The highest BCUT2D eigenvalue weighted by Crippen LogP contribution is 2.13. The number of hydrogen-bond acceptors (Lipinski definition) is 4. The van der Waals surface area contributed by atoms with E-state index in [1.165, 1.54) is 0 Å². The van der Waals surface area contributed by atoms with Crippen molar-refractivity contribution in [1.82, 2.24) is 5.32 Å². The van der Waals surface area contributed by atoms with Crippen molar-refractivity contribution < 1.29 is 14.7 Å². The van der Waals surface area contributed by atoms with Crippen molar-refractivity contribution in [1.29, 1.82) is 0 Å². The van der Waals surface area contributed by atoms with Gasteiger partial charge < -0.3 is 21.5 Å². The van der Waals surface area contributed by atoms with Gasteiger partial charge in [0.1, 0.15) is 6.10 Å². The summed E-state index contributed by atoms with van der Waals surface area (Å²) in [6.07, 6.45) is -1.37. The summed E-state index contributed by atoms with van der Waals surface area (Å²) in [6, 6.07) is 6.90. The summed E-state index contributed by atoms with van der Waals surface area (Å²) in [5.74, 6) is -1.25. The number of anilines is 1. The molecule has 92 valence electrons. The lowest BCUT2D eigenvalue weighted by Crippen LogP contribution is -2.40. The Morgan fingerprint density at radius 3 is 2.65 bits per heavy atom. The molecule has 0 fully saturated rings. The lowest BCUT2D eigenvalue weighted by atomic mass is 10.1. The topological polar surface area (TPSA) is 104 Å². The fourth-order valence-electron chi connectivity index (χ4n) is 1.28. The van der Waals surface area contributed by atoms with Crippen molar-refractivity contribution in [2.75, 3.05) is 18.9 Å². The number of carbonyl (C=O) groups excluding carboxylic acids is 2. The van der Waals surface area contributed by atoms with Gasteiger partial charge in [-0.3, -0.25) is 9.59 Å². The van der Waals surface area contributed by atoms with Gasteiger partial charge in [0, 0.05) is 12.7 Å². The second-order valence-corrected chi connectivity index (χ2v) is 3.42. The number of nitrogens with one attached hydrogen (secondary N) is 2. The zero-order valence-corrected chi connectivity index (χ0v) is 9.43. The molecule has 0 aliphatic rings. The summed E-state index contributed by atoms with van der Waals surface area (Å²) >= 11 is 0. The first-order valence-corrected chi connectivity index (χ1v) is 5.08. The van der Waals surface area contributed by atoms with Gasteiger partial charge in [0.05, 0.1) is 12.1 Å². The number of carbonyl (C=O) groups is 2.